The van der Waals surface area contributed by atoms with Gasteiger partial charge < -0.3 is 0 Å². The van der Waals surface area contributed by atoms with Gasteiger partial charge >= 0.3 is 6.18 Å². The van der Waals surface area contributed by atoms with E-state index < -0.39 is 11.7 Å². The number of benzene rings is 1. The fourth-order valence-electron chi connectivity index (χ4n) is 2.97. The van der Waals surface area contributed by atoms with Crippen molar-refractivity contribution in [1.82, 2.24) is 5.43 Å². The maximum Gasteiger partial charge on any atom is 0.416 e. The highest BCUT2D eigenvalue weighted by Gasteiger charge is 2.30. The summed E-state index contributed by atoms with van der Waals surface area (Å²) < 4.78 is 37.5. The number of nitrogens with two attached hydrogens (primary N) is 1. The molecule has 112 valence electrons. The highest BCUT2D eigenvalue weighted by molar-refractivity contribution is 5.25. The molecular formula is C15H21F3N2. The molecule has 1 atom stereocenters. The SMILES string of the molecule is NNC(Cc1ccc(C(F)(F)F)cc1)CC1CCCC1. The average Bonchev–Trinajstić information content (AvgIpc) is 2.90. The monoisotopic (exact) mass is 286 g/mol. The molecular weight excluding hydrogens is 265 g/mol. The molecule has 1 unspecified atom stereocenters. The lowest BCUT2D eigenvalue weighted by Gasteiger charge is -2.20. The Bertz CT molecular complexity index is 408. The van der Waals surface area contributed by atoms with E-state index in [2.05, 4.69) is 5.43 Å². The summed E-state index contributed by atoms with van der Waals surface area (Å²) in [6, 6.07) is 5.50. The minimum Gasteiger partial charge on any atom is -0.271 e. The average molecular weight is 286 g/mol. The molecule has 20 heavy (non-hydrogen) atoms. The Labute approximate surface area is 117 Å². The summed E-state index contributed by atoms with van der Waals surface area (Å²) in [5, 5.41) is 0. The van der Waals surface area contributed by atoms with Crippen molar-refractivity contribution in [1.29, 1.82) is 0 Å². The van der Waals surface area contributed by atoms with E-state index in [0.717, 1.165) is 24.1 Å². The van der Waals surface area contributed by atoms with Gasteiger partial charge in [-0.3, -0.25) is 11.3 Å². The van der Waals surface area contributed by atoms with Gasteiger partial charge in [-0.15, -0.1) is 0 Å². The molecule has 0 heterocycles. The molecule has 1 fully saturated rings. The smallest absolute Gasteiger partial charge is 0.271 e. The summed E-state index contributed by atoms with van der Waals surface area (Å²) in [5.41, 5.74) is 3.09. The van der Waals surface area contributed by atoms with Gasteiger partial charge in [0.25, 0.3) is 0 Å². The van der Waals surface area contributed by atoms with Crippen molar-refractivity contribution < 1.29 is 13.2 Å². The maximum absolute atomic E-state index is 12.5. The van der Waals surface area contributed by atoms with Crippen molar-refractivity contribution >= 4 is 0 Å². The van der Waals surface area contributed by atoms with Crippen LogP contribution in [0.1, 0.15) is 43.2 Å². The standard InChI is InChI=1S/C15H21F3N2/c16-15(17,18)13-7-5-12(6-8-13)10-14(20-19)9-11-3-1-2-4-11/h5-8,11,14,20H,1-4,9-10,19H2. The molecule has 0 spiro atoms. The molecule has 1 aromatic rings. The molecule has 0 saturated heterocycles. The Hall–Kier alpha value is -1.07. The third kappa shape index (κ3) is 4.21. The van der Waals surface area contributed by atoms with Crippen LogP contribution in [0.25, 0.3) is 0 Å². The van der Waals surface area contributed by atoms with E-state index in [4.69, 9.17) is 5.84 Å². The van der Waals surface area contributed by atoms with Crippen LogP contribution in [0.15, 0.2) is 24.3 Å². The first-order valence-electron chi connectivity index (χ1n) is 7.11. The van der Waals surface area contributed by atoms with Crippen LogP contribution >= 0.6 is 0 Å². The zero-order valence-electron chi connectivity index (χ0n) is 11.4. The largest absolute Gasteiger partial charge is 0.416 e. The Morgan fingerprint density at radius 3 is 2.25 bits per heavy atom. The molecule has 1 aromatic carbocycles. The molecule has 1 saturated carbocycles. The van der Waals surface area contributed by atoms with Gasteiger partial charge in [-0.1, -0.05) is 37.8 Å². The molecule has 3 N–H and O–H groups in total. The number of nitrogens with one attached hydrogen (secondary N) is 1. The minimum absolute atomic E-state index is 0.134. The van der Waals surface area contributed by atoms with Crippen molar-refractivity contribution in [2.24, 2.45) is 11.8 Å². The van der Waals surface area contributed by atoms with Crippen molar-refractivity contribution in [3.8, 4) is 0 Å². The summed E-state index contributed by atoms with van der Waals surface area (Å²) >= 11 is 0. The van der Waals surface area contributed by atoms with Gasteiger partial charge in [0.1, 0.15) is 0 Å². The van der Waals surface area contributed by atoms with Crippen LogP contribution < -0.4 is 11.3 Å². The first-order chi connectivity index (χ1) is 9.49. The molecule has 2 rings (SSSR count). The topological polar surface area (TPSA) is 38.0 Å². The van der Waals surface area contributed by atoms with E-state index in [1.807, 2.05) is 0 Å². The van der Waals surface area contributed by atoms with Crippen LogP contribution in [0.3, 0.4) is 0 Å². The second kappa shape index (κ2) is 6.59. The first-order valence-corrected chi connectivity index (χ1v) is 7.11. The zero-order valence-corrected chi connectivity index (χ0v) is 11.4. The molecule has 1 aliphatic rings. The predicted molar refractivity (Wildman–Crippen MR) is 72.8 cm³/mol. The molecule has 2 nitrogen and oxygen atoms in total. The van der Waals surface area contributed by atoms with E-state index in [1.165, 1.54) is 25.7 Å². The molecule has 5 heteroatoms. The van der Waals surface area contributed by atoms with Gasteiger partial charge in [0, 0.05) is 6.04 Å². The van der Waals surface area contributed by atoms with E-state index >= 15 is 0 Å². The summed E-state index contributed by atoms with van der Waals surface area (Å²) in [4.78, 5) is 0. The second-order valence-electron chi connectivity index (χ2n) is 5.65. The van der Waals surface area contributed by atoms with Gasteiger partial charge in [0.2, 0.25) is 0 Å². The van der Waals surface area contributed by atoms with Crippen LogP contribution in [0, 0.1) is 5.92 Å². The number of alkyl halides is 3. The van der Waals surface area contributed by atoms with E-state index in [-0.39, 0.29) is 6.04 Å². The highest BCUT2D eigenvalue weighted by atomic mass is 19.4. The Morgan fingerprint density at radius 1 is 1.15 bits per heavy atom. The van der Waals surface area contributed by atoms with E-state index in [0.29, 0.717) is 12.3 Å². The normalized spacial score (nSPS) is 18.4. The first kappa shape index (κ1) is 15.3. The summed E-state index contributed by atoms with van der Waals surface area (Å²) in [7, 11) is 0. The molecule has 0 bridgehead atoms. The van der Waals surface area contributed by atoms with Crippen molar-refractivity contribution in [3.63, 3.8) is 0 Å². The lowest BCUT2D eigenvalue weighted by Crippen LogP contribution is -2.38. The van der Waals surface area contributed by atoms with Gasteiger partial charge in [0.05, 0.1) is 5.56 Å². The Morgan fingerprint density at radius 2 is 1.75 bits per heavy atom. The van der Waals surface area contributed by atoms with Gasteiger partial charge in [-0.2, -0.15) is 13.2 Å². The van der Waals surface area contributed by atoms with Crippen LogP contribution in [0.4, 0.5) is 13.2 Å². The third-order valence-corrected chi connectivity index (χ3v) is 4.09. The quantitative estimate of drug-likeness (QED) is 0.640. The third-order valence-electron chi connectivity index (χ3n) is 4.09. The Balaban J connectivity index is 1.93. The number of hydrogen-bond acceptors (Lipinski definition) is 2. The fourth-order valence-corrected chi connectivity index (χ4v) is 2.97. The number of halogens is 3. The number of rotatable bonds is 5. The highest BCUT2D eigenvalue weighted by Crippen LogP contribution is 2.31. The van der Waals surface area contributed by atoms with Gasteiger partial charge in [0.15, 0.2) is 0 Å². The van der Waals surface area contributed by atoms with Crippen LogP contribution in [0.5, 0.6) is 0 Å². The fraction of sp³-hybridized carbons (Fsp3) is 0.600. The molecule has 0 aliphatic heterocycles. The van der Waals surface area contributed by atoms with E-state index in [9.17, 15) is 13.2 Å². The number of hydrogen-bond donors (Lipinski definition) is 2. The maximum atomic E-state index is 12.5. The minimum atomic E-state index is -4.27. The zero-order chi connectivity index (χ0) is 14.6. The lowest BCUT2D eigenvalue weighted by molar-refractivity contribution is -0.137. The van der Waals surface area contributed by atoms with Crippen molar-refractivity contribution in [3.05, 3.63) is 35.4 Å². The van der Waals surface area contributed by atoms with Crippen LogP contribution in [-0.4, -0.2) is 6.04 Å². The van der Waals surface area contributed by atoms with Gasteiger partial charge in [-0.25, -0.2) is 0 Å². The predicted octanol–water partition coefficient (Wildman–Crippen LogP) is 3.66. The van der Waals surface area contributed by atoms with Crippen molar-refractivity contribution in [2.45, 2.75) is 50.7 Å². The summed E-state index contributed by atoms with van der Waals surface area (Å²) in [5.74, 6) is 6.27. The second-order valence-corrected chi connectivity index (χ2v) is 5.65. The van der Waals surface area contributed by atoms with Crippen LogP contribution in [-0.2, 0) is 12.6 Å². The lowest BCUT2D eigenvalue weighted by atomic mass is 9.94. The van der Waals surface area contributed by atoms with E-state index in [1.54, 1.807) is 12.1 Å². The van der Waals surface area contributed by atoms with Crippen LogP contribution in [0.2, 0.25) is 0 Å². The Kier molecular flexibility index (Phi) is 5.05. The van der Waals surface area contributed by atoms with Crippen molar-refractivity contribution in [2.75, 3.05) is 0 Å². The molecule has 0 radical (unpaired) electrons. The molecule has 0 amide bonds. The molecule has 1 aliphatic carbocycles. The summed E-state index contributed by atoms with van der Waals surface area (Å²) in [6.45, 7) is 0. The summed E-state index contributed by atoms with van der Waals surface area (Å²) in [6.07, 6.45) is 2.44. The number of hydrazine groups is 1. The van der Waals surface area contributed by atoms with Gasteiger partial charge in [-0.05, 0) is 36.5 Å². The molecule has 0 aromatic heterocycles.